The van der Waals surface area contributed by atoms with Gasteiger partial charge in [-0.3, -0.25) is 0 Å². The van der Waals surface area contributed by atoms with Crippen LogP contribution in [0.4, 0.5) is 5.82 Å². The van der Waals surface area contributed by atoms with Gasteiger partial charge in [0.25, 0.3) is 0 Å². The van der Waals surface area contributed by atoms with E-state index in [0.29, 0.717) is 18.6 Å². The van der Waals surface area contributed by atoms with Crippen LogP contribution in [-0.2, 0) is 4.74 Å². The van der Waals surface area contributed by atoms with Crippen LogP contribution in [0.5, 0.6) is 0 Å². The normalized spacial score (nSPS) is 21.7. The third-order valence-corrected chi connectivity index (χ3v) is 3.50. The Hall–Kier alpha value is -2.15. The lowest BCUT2D eigenvalue weighted by Crippen LogP contribution is -2.52. The summed E-state index contributed by atoms with van der Waals surface area (Å²) in [7, 11) is 0. The lowest BCUT2D eigenvalue weighted by Gasteiger charge is -2.42. The van der Waals surface area contributed by atoms with E-state index in [2.05, 4.69) is 15.0 Å². The van der Waals surface area contributed by atoms with Crippen molar-refractivity contribution in [2.75, 3.05) is 18.0 Å². The fourth-order valence-electron chi connectivity index (χ4n) is 2.91. The highest BCUT2D eigenvalue weighted by Crippen LogP contribution is 2.27. The third-order valence-electron chi connectivity index (χ3n) is 3.50. The van der Waals surface area contributed by atoms with Gasteiger partial charge in [0.2, 0.25) is 0 Å². The third kappa shape index (κ3) is 2.44. The highest BCUT2D eigenvalue weighted by molar-refractivity contribution is 5.87. The molecule has 2 aromatic rings. The highest BCUT2D eigenvalue weighted by atomic mass is 16.5. The summed E-state index contributed by atoms with van der Waals surface area (Å²) in [6, 6.07) is 1.78. The van der Waals surface area contributed by atoms with Gasteiger partial charge in [0.1, 0.15) is 5.52 Å². The maximum Gasteiger partial charge on any atom is 0.356 e. The average molecular weight is 290 g/mol. The summed E-state index contributed by atoms with van der Waals surface area (Å²) >= 11 is 0. The van der Waals surface area contributed by atoms with Crippen molar-refractivity contribution < 1.29 is 14.6 Å². The van der Waals surface area contributed by atoms with Crippen molar-refractivity contribution in [2.24, 2.45) is 0 Å². The number of aromatic carboxylic acids is 1. The van der Waals surface area contributed by atoms with Crippen molar-refractivity contribution in [2.45, 2.75) is 32.5 Å². The smallest absolute Gasteiger partial charge is 0.356 e. The van der Waals surface area contributed by atoms with Gasteiger partial charge in [-0.15, -0.1) is 0 Å². The molecule has 0 spiro atoms. The van der Waals surface area contributed by atoms with Gasteiger partial charge in [-0.05, 0) is 26.8 Å². The van der Waals surface area contributed by atoms with Crippen molar-refractivity contribution in [1.29, 1.82) is 0 Å². The highest BCUT2D eigenvalue weighted by Gasteiger charge is 2.33. The Kier molecular flexibility index (Phi) is 3.09. The van der Waals surface area contributed by atoms with E-state index < -0.39 is 5.97 Å². The Labute approximate surface area is 122 Å². The fourth-order valence-corrected chi connectivity index (χ4v) is 2.91. The number of hydrogen-bond acceptors (Lipinski definition) is 5. The van der Waals surface area contributed by atoms with Crippen LogP contribution in [-0.4, -0.2) is 50.5 Å². The number of nitrogens with zero attached hydrogens (tertiary/aromatic N) is 4. The van der Waals surface area contributed by atoms with E-state index in [0.717, 1.165) is 5.82 Å². The molecular formula is C14H18N4O3. The van der Waals surface area contributed by atoms with E-state index >= 15 is 0 Å². The maximum absolute atomic E-state index is 11.2. The van der Waals surface area contributed by atoms with Crippen LogP contribution in [0.3, 0.4) is 0 Å². The molecule has 0 bridgehead atoms. The predicted molar refractivity (Wildman–Crippen MR) is 76.8 cm³/mol. The first-order valence-corrected chi connectivity index (χ1v) is 6.86. The number of aromatic nitrogens is 3. The van der Waals surface area contributed by atoms with Crippen LogP contribution in [0.2, 0.25) is 0 Å². The number of carboxylic acid groups (broad SMARTS) is 1. The zero-order chi connectivity index (χ0) is 15.2. The molecule has 1 N–H and O–H groups in total. The van der Waals surface area contributed by atoms with Crippen LogP contribution in [0.1, 0.15) is 31.3 Å². The van der Waals surface area contributed by atoms with Crippen LogP contribution in [0.15, 0.2) is 18.5 Å². The lowest BCUT2D eigenvalue weighted by atomic mass is 10.1. The van der Waals surface area contributed by atoms with Gasteiger partial charge >= 0.3 is 5.97 Å². The van der Waals surface area contributed by atoms with Gasteiger partial charge in [-0.1, -0.05) is 0 Å². The van der Waals surface area contributed by atoms with E-state index in [1.165, 1.54) is 10.7 Å². The molecule has 0 aromatic carbocycles. The van der Waals surface area contributed by atoms with Crippen molar-refractivity contribution >= 4 is 17.3 Å². The van der Waals surface area contributed by atoms with E-state index in [9.17, 15) is 9.90 Å². The zero-order valence-corrected chi connectivity index (χ0v) is 12.3. The monoisotopic (exact) mass is 290 g/mol. The van der Waals surface area contributed by atoms with E-state index in [1.54, 1.807) is 12.3 Å². The van der Waals surface area contributed by atoms with E-state index in [4.69, 9.17) is 4.74 Å². The summed E-state index contributed by atoms with van der Waals surface area (Å²) in [6.45, 7) is 7.50. The first-order chi connectivity index (χ1) is 9.87. The molecular weight excluding hydrogens is 272 g/mol. The molecule has 7 nitrogen and oxygen atoms in total. The van der Waals surface area contributed by atoms with Gasteiger partial charge in [-0.2, -0.15) is 5.10 Å². The van der Waals surface area contributed by atoms with Crippen molar-refractivity contribution in [1.82, 2.24) is 14.6 Å². The first-order valence-electron chi connectivity index (χ1n) is 6.86. The molecule has 1 saturated heterocycles. The van der Waals surface area contributed by atoms with Crippen molar-refractivity contribution in [3.05, 3.63) is 24.2 Å². The second-order valence-corrected chi connectivity index (χ2v) is 5.97. The zero-order valence-electron chi connectivity index (χ0n) is 12.3. The van der Waals surface area contributed by atoms with E-state index in [1.807, 2.05) is 20.8 Å². The van der Waals surface area contributed by atoms with Crippen LogP contribution in [0, 0.1) is 0 Å². The molecule has 0 amide bonds. The number of rotatable bonds is 2. The van der Waals surface area contributed by atoms with Gasteiger partial charge in [0.15, 0.2) is 11.5 Å². The molecule has 1 aliphatic rings. The standard InChI is InChI=1S/C14H18N4O3/c1-9-7-17(8-14(2,3)21-9)12-10-4-5-16-18(10)11(6-15-12)13(19)20/h4-6,9H,7-8H2,1-3H3,(H,19,20)/t9-/m1/s1. The molecule has 3 rings (SSSR count). The Morgan fingerprint density at radius 2 is 2.29 bits per heavy atom. The summed E-state index contributed by atoms with van der Waals surface area (Å²) < 4.78 is 7.31. The molecule has 7 heteroatoms. The van der Waals surface area contributed by atoms with Crippen LogP contribution >= 0.6 is 0 Å². The molecule has 1 fully saturated rings. The maximum atomic E-state index is 11.2. The lowest BCUT2D eigenvalue weighted by molar-refractivity contribution is -0.0751. The summed E-state index contributed by atoms with van der Waals surface area (Å²) in [4.78, 5) is 17.7. The Balaban J connectivity index is 2.07. The summed E-state index contributed by atoms with van der Waals surface area (Å²) in [5, 5.41) is 13.3. The first kappa shape index (κ1) is 13.8. The van der Waals surface area contributed by atoms with Gasteiger partial charge in [-0.25, -0.2) is 14.3 Å². The van der Waals surface area contributed by atoms with Crippen LogP contribution in [0.25, 0.3) is 5.52 Å². The second-order valence-electron chi connectivity index (χ2n) is 5.97. The molecule has 21 heavy (non-hydrogen) atoms. The SMILES string of the molecule is C[C@@H]1CN(c2ncc(C(=O)O)n3nccc23)CC(C)(C)O1. The van der Waals surface area contributed by atoms with Crippen LogP contribution < -0.4 is 4.90 Å². The number of fused-ring (bicyclic) bond motifs is 1. The van der Waals surface area contributed by atoms with E-state index in [-0.39, 0.29) is 17.4 Å². The number of carboxylic acids is 1. The number of carbonyl (C=O) groups is 1. The molecule has 3 heterocycles. The predicted octanol–water partition coefficient (Wildman–Crippen LogP) is 1.43. The van der Waals surface area contributed by atoms with Gasteiger partial charge < -0.3 is 14.7 Å². The van der Waals surface area contributed by atoms with Crippen molar-refractivity contribution in [3.8, 4) is 0 Å². The van der Waals surface area contributed by atoms with Gasteiger partial charge in [0.05, 0.1) is 24.1 Å². The molecule has 0 aliphatic carbocycles. The number of ether oxygens (including phenoxy) is 1. The average Bonchev–Trinajstić information content (AvgIpc) is 2.83. The van der Waals surface area contributed by atoms with Gasteiger partial charge in [0, 0.05) is 13.1 Å². The minimum Gasteiger partial charge on any atom is -0.476 e. The fraction of sp³-hybridized carbons (Fsp3) is 0.500. The van der Waals surface area contributed by atoms with Crippen molar-refractivity contribution in [3.63, 3.8) is 0 Å². The summed E-state index contributed by atoms with van der Waals surface area (Å²) in [5.74, 6) is -0.306. The molecule has 0 radical (unpaired) electrons. The molecule has 112 valence electrons. The topological polar surface area (TPSA) is 80.0 Å². The second kappa shape index (κ2) is 4.70. The molecule has 1 aliphatic heterocycles. The molecule has 0 unspecified atom stereocenters. The molecule has 0 saturated carbocycles. The Morgan fingerprint density at radius 3 is 2.95 bits per heavy atom. The number of hydrogen-bond donors (Lipinski definition) is 1. The minimum atomic E-state index is -1.04. The summed E-state index contributed by atoms with van der Waals surface area (Å²) in [5.41, 5.74) is 0.473. The summed E-state index contributed by atoms with van der Waals surface area (Å²) in [6.07, 6.45) is 3.02. The molecule has 2 aromatic heterocycles. The quantitative estimate of drug-likeness (QED) is 0.901. The Bertz CT molecular complexity index is 695. The number of anilines is 1. The minimum absolute atomic E-state index is 0.0549. The number of morpholine rings is 1. The molecule has 1 atom stereocenters. The Morgan fingerprint density at radius 1 is 1.52 bits per heavy atom. The largest absolute Gasteiger partial charge is 0.476 e.